The number of nitrogens with one attached hydrogen (secondary N) is 1. The number of aliphatic hydroxyl groups is 1. The molecule has 0 saturated heterocycles. The molecular weight excluding hydrogens is 354 g/mol. The highest BCUT2D eigenvalue weighted by atomic mass is 32.2. The van der Waals surface area contributed by atoms with Crippen LogP contribution in [-0.4, -0.2) is 54.0 Å². The monoisotopic (exact) mass is 383 g/mol. The highest BCUT2D eigenvalue weighted by Crippen LogP contribution is 2.34. The van der Waals surface area contributed by atoms with Gasteiger partial charge in [0, 0.05) is 17.4 Å². The molecule has 2 unspecified atom stereocenters. The van der Waals surface area contributed by atoms with Crippen LogP contribution in [0.4, 0.5) is 0 Å². The van der Waals surface area contributed by atoms with E-state index in [0.717, 1.165) is 36.2 Å². The van der Waals surface area contributed by atoms with Gasteiger partial charge >= 0.3 is 0 Å². The van der Waals surface area contributed by atoms with Gasteiger partial charge < -0.3 is 16.2 Å². The number of aliphatic imine (C=N–C) groups is 1. The molecule has 0 spiro atoms. The van der Waals surface area contributed by atoms with Gasteiger partial charge in [-0.2, -0.15) is 11.8 Å². The van der Waals surface area contributed by atoms with E-state index in [0.29, 0.717) is 10.7 Å². The van der Waals surface area contributed by atoms with Gasteiger partial charge in [0.1, 0.15) is 6.29 Å². The molecule has 0 radical (unpaired) electrons. The Balaban J connectivity index is 0.000000299. The van der Waals surface area contributed by atoms with Crippen LogP contribution < -0.4 is 11.1 Å². The number of hydrogen-bond donors (Lipinski definition) is 3. The summed E-state index contributed by atoms with van der Waals surface area (Å²) in [5.41, 5.74) is 7.32. The maximum atomic E-state index is 10.6. The third kappa shape index (κ3) is 7.40. The molecule has 0 fully saturated rings. The van der Waals surface area contributed by atoms with E-state index >= 15 is 0 Å². The van der Waals surface area contributed by atoms with Crippen LogP contribution in [0, 0.1) is 0 Å². The highest BCUT2D eigenvalue weighted by molar-refractivity contribution is 8.13. The van der Waals surface area contributed by atoms with E-state index in [1.54, 1.807) is 11.8 Å². The predicted octanol–water partition coefficient (Wildman–Crippen LogP) is 2.49. The Morgan fingerprint density at radius 1 is 1.48 bits per heavy atom. The van der Waals surface area contributed by atoms with Crippen LogP contribution in [0.25, 0.3) is 0 Å². The summed E-state index contributed by atoms with van der Waals surface area (Å²) in [5, 5.41) is 12.4. The zero-order chi connectivity index (χ0) is 18.7. The lowest BCUT2D eigenvalue weighted by molar-refractivity contribution is 0.112. The van der Waals surface area contributed by atoms with Gasteiger partial charge in [-0.25, -0.2) is 0 Å². The van der Waals surface area contributed by atoms with Crippen LogP contribution in [0.1, 0.15) is 35.7 Å². The number of carbonyl (C=O) groups excluding carboxylic acids is 1. The molecule has 5 nitrogen and oxygen atoms in total. The molecule has 0 aliphatic carbocycles. The molecule has 1 aromatic carbocycles. The summed E-state index contributed by atoms with van der Waals surface area (Å²) < 4.78 is 0. The van der Waals surface area contributed by atoms with Crippen molar-refractivity contribution in [1.82, 2.24) is 5.32 Å². The van der Waals surface area contributed by atoms with Crippen LogP contribution in [-0.2, 0) is 5.54 Å². The van der Waals surface area contributed by atoms with E-state index in [1.807, 2.05) is 43.1 Å². The lowest BCUT2D eigenvalue weighted by atomic mass is 9.89. The largest absolute Gasteiger partial charge is 0.395 e. The third-order valence-corrected chi connectivity index (χ3v) is 5.60. The van der Waals surface area contributed by atoms with Gasteiger partial charge in [0.2, 0.25) is 0 Å². The first-order chi connectivity index (χ1) is 12.0. The fourth-order valence-corrected chi connectivity index (χ4v) is 3.90. The quantitative estimate of drug-likeness (QED) is 0.627. The fraction of sp³-hybridized carbons (Fsp3) is 0.556. The Kier molecular flexibility index (Phi) is 10.2. The number of thioether (sulfide) groups is 2. The molecule has 7 heteroatoms. The van der Waals surface area contributed by atoms with Gasteiger partial charge in [-0.15, -0.1) is 0 Å². The first-order valence-corrected chi connectivity index (χ1v) is 10.7. The molecule has 25 heavy (non-hydrogen) atoms. The third-order valence-electron chi connectivity index (χ3n) is 4.16. The molecule has 1 aliphatic rings. The first-order valence-electron chi connectivity index (χ1n) is 8.30. The average molecular weight is 384 g/mol. The summed E-state index contributed by atoms with van der Waals surface area (Å²) in [6, 6.07) is 7.84. The summed E-state index contributed by atoms with van der Waals surface area (Å²) in [4.78, 5) is 15.1. The van der Waals surface area contributed by atoms with E-state index in [1.165, 1.54) is 0 Å². The SMILES string of the molecule is CC1(c2ccc(C=O)cc2)CCSC(N)=N1.CNC(CO)CCSC. The number of hydrogen-bond acceptors (Lipinski definition) is 7. The molecule has 0 aromatic heterocycles. The van der Waals surface area contributed by atoms with Gasteiger partial charge in [-0.05, 0) is 44.4 Å². The van der Waals surface area contributed by atoms with E-state index in [2.05, 4.69) is 23.5 Å². The van der Waals surface area contributed by atoms with Gasteiger partial charge in [0.05, 0.1) is 12.1 Å². The minimum Gasteiger partial charge on any atom is -0.395 e. The van der Waals surface area contributed by atoms with E-state index in [-0.39, 0.29) is 18.2 Å². The second-order valence-corrected chi connectivity index (χ2v) is 8.11. The zero-order valence-electron chi connectivity index (χ0n) is 15.2. The molecule has 0 bridgehead atoms. The van der Waals surface area contributed by atoms with Crippen molar-refractivity contribution in [1.29, 1.82) is 0 Å². The summed E-state index contributed by atoms with van der Waals surface area (Å²) in [5.74, 6) is 2.10. The van der Waals surface area contributed by atoms with Gasteiger partial charge in [-0.3, -0.25) is 9.79 Å². The average Bonchev–Trinajstić information content (AvgIpc) is 2.63. The van der Waals surface area contributed by atoms with Crippen LogP contribution in [0.5, 0.6) is 0 Å². The minimum absolute atomic E-state index is 0.239. The van der Waals surface area contributed by atoms with E-state index in [9.17, 15) is 4.79 Å². The van der Waals surface area contributed by atoms with Crippen molar-refractivity contribution in [3.8, 4) is 0 Å². The van der Waals surface area contributed by atoms with Crippen LogP contribution in [0.3, 0.4) is 0 Å². The number of aliphatic hydroxyl groups excluding tert-OH is 1. The zero-order valence-corrected chi connectivity index (χ0v) is 16.8. The molecule has 4 N–H and O–H groups in total. The molecule has 2 atom stereocenters. The number of likely N-dealkylation sites (N-methyl/N-ethyl adjacent to an activating group) is 1. The summed E-state index contributed by atoms with van der Waals surface area (Å²) >= 11 is 3.40. The first kappa shape index (κ1) is 22.0. The Morgan fingerprint density at radius 2 is 2.16 bits per heavy atom. The maximum Gasteiger partial charge on any atom is 0.154 e. The van der Waals surface area contributed by atoms with Crippen LogP contribution in [0.2, 0.25) is 0 Å². The standard InChI is InChI=1S/C12H14N2OS.C6H15NOS/c1-12(6-7-16-11(13)14-12)10-4-2-9(8-15)3-5-10;1-7-6(5-8)3-4-9-2/h2-5,8H,6-7H2,1H3,(H2,13,14);6-8H,3-5H2,1-2H3. The molecular formula is C18H29N3O2S2. The fourth-order valence-electron chi connectivity index (χ4n) is 2.40. The number of carbonyl (C=O) groups is 1. The normalized spacial score (nSPS) is 20.9. The summed E-state index contributed by atoms with van der Waals surface area (Å²) in [6.45, 7) is 2.33. The summed E-state index contributed by atoms with van der Waals surface area (Å²) in [6.07, 6.45) is 4.94. The molecule has 140 valence electrons. The van der Waals surface area contributed by atoms with Crippen molar-refractivity contribution in [2.24, 2.45) is 10.7 Å². The Bertz CT molecular complexity index is 548. The van der Waals surface area contributed by atoms with Crippen molar-refractivity contribution in [2.45, 2.75) is 31.3 Å². The van der Waals surface area contributed by atoms with Crippen LogP contribution in [0.15, 0.2) is 29.3 Å². The molecule has 0 amide bonds. The van der Waals surface area contributed by atoms with Crippen molar-refractivity contribution in [3.63, 3.8) is 0 Å². The Hall–Kier alpha value is -1.02. The number of rotatable bonds is 7. The second-order valence-electron chi connectivity index (χ2n) is 6.01. The summed E-state index contributed by atoms with van der Waals surface area (Å²) in [7, 11) is 1.88. The Morgan fingerprint density at radius 3 is 2.64 bits per heavy atom. The van der Waals surface area contributed by atoms with Gasteiger partial charge in [-0.1, -0.05) is 36.0 Å². The van der Waals surface area contributed by atoms with Crippen molar-refractivity contribution in [3.05, 3.63) is 35.4 Å². The van der Waals surface area contributed by atoms with Gasteiger partial charge in [0.25, 0.3) is 0 Å². The highest BCUT2D eigenvalue weighted by Gasteiger charge is 2.29. The van der Waals surface area contributed by atoms with E-state index in [4.69, 9.17) is 10.8 Å². The van der Waals surface area contributed by atoms with Crippen molar-refractivity contribution < 1.29 is 9.90 Å². The number of amidine groups is 1. The van der Waals surface area contributed by atoms with Crippen LogP contribution >= 0.6 is 23.5 Å². The maximum absolute atomic E-state index is 10.6. The smallest absolute Gasteiger partial charge is 0.154 e. The van der Waals surface area contributed by atoms with Crippen molar-refractivity contribution >= 4 is 35.0 Å². The molecule has 1 heterocycles. The molecule has 1 aliphatic heterocycles. The van der Waals surface area contributed by atoms with Gasteiger partial charge in [0.15, 0.2) is 5.17 Å². The molecule has 1 aromatic rings. The number of nitrogens with zero attached hydrogens (tertiary/aromatic N) is 1. The predicted molar refractivity (Wildman–Crippen MR) is 111 cm³/mol. The topological polar surface area (TPSA) is 87.7 Å². The number of benzene rings is 1. The van der Waals surface area contributed by atoms with Crippen molar-refractivity contribution in [2.75, 3.05) is 31.4 Å². The minimum atomic E-state index is -0.239. The van der Waals surface area contributed by atoms with E-state index < -0.39 is 0 Å². The Labute approximate surface area is 159 Å². The number of aldehydes is 1. The lowest BCUT2D eigenvalue weighted by Gasteiger charge is -2.29. The molecule has 2 rings (SSSR count). The second kappa shape index (κ2) is 11.6. The lowest BCUT2D eigenvalue weighted by Crippen LogP contribution is -2.29. The number of nitrogens with two attached hydrogens (primary N) is 1. The molecule has 0 saturated carbocycles.